The largest absolute Gasteiger partial charge is 0.350 e. The fourth-order valence-corrected chi connectivity index (χ4v) is 3.18. The van der Waals surface area contributed by atoms with Gasteiger partial charge in [0.2, 0.25) is 11.2 Å². The van der Waals surface area contributed by atoms with Crippen LogP contribution >= 0.6 is 11.6 Å². The lowest BCUT2D eigenvalue weighted by atomic mass is 10.2. The van der Waals surface area contributed by atoms with Gasteiger partial charge >= 0.3 is 0 Å². The maximum atomic E-state index is 12.0. The molecule has 2 aromatic heterocycles. The summed E-state index contributed by atoms with van der Waals surface area (Å²) in [6, 6.07) is 2.09. The molecule has 136 valence electrons. The van der Waals surface area contributed by atoms with E-state index in [1.165, 1.54) is 5.69 Å². The Labute approximate surface area is 151 Å². The SMILES string of the molecule is CC(C)CN1CCn2nc(CNC(=O)CCc3nc(Cl)n[nH]3)cc2C1. The number of hydrogen-bond donors (Lipinski definition) is 2. The van der Waals surface area contributed by atoms with E-state index in [1.807, 2.05) is 0 Å². The van der Waals surface area contributed by atoms with Crippen molar-refractivity contribution in [2.75, 3.05) is 13.1 Å². The normalized spacial score (nSPS) is 14.7. The van der Waals surface area contributed by atoms with Gasteiger partial charge in [-0.25, -0.2) is 4.98 Å². The van der Waals surface area contributed by atoms with Gasteiger partial charge in [-0.15, -0.1) is 5.10 Å². The molecule has 0 atom stereocenters. The number of aryl methyl sites for hydroxylation is 1. The summed E-state index contributed by atoms with van der Waals surface area (Å²) in [6.45, 7) is 8.87. The lowest BCUT2D eigenvalue weighted by molar-refractivity contribution is -0.121. The molecule has 1 amide bonds. The van der Waals surface area contributed by atoms with E-state index in [0.29, 0.717) is 31.1 Å². The van der Waals surface area contributed by atoms with Crippen molar-refractivity contribution in [1.29, 1.82) is 0 Å². The van der Waals surface area contributed by atoms with Crippen LogP contribution in [0, 0.1) is 5.92 Å². The summed E-state index contributed by atoms with van der Waals surface area (Å²) in [6.07, 6.45) is 0.816. The number of amides is 1. The minimum atomic E-state index is -0.0417. The van der Waals surface area contributed by atoms with E-state index in [9.17, 15) is 4.79 Å². The number of aromatic nitrogens is 5. The quantitative estimate of drug-likeness (QED) is 0.773. The van der Waals surface area contributed by atoms with E-state index >= 15 is 0 Å². The Hall–Kier alpha value is -1.93. The highest BCUT2D eigenvalue weighted by Crippen LogP contribution is 2.15. The maximum Gasteiger partial charge on any atom is 0.242 e. The van der Waals surface area contributed by atoms with E-state index in [-0.39, 0.29) is 11.2 Å². The van der Waals surface area contributed by atoms with Crippen LogP contribution in [0.25, 0.3) is 0 Å². The molecule has 0 aromatic carbocycles. The van der Waals surface area contributed by atoms with Crippen LogP contribution in [0.4, 0.5) is 0 Å². The summed E-state index contributed by atoms with van der Waals surface area (Å²) in [4.78, 5) is 18.4. The Kier molecular flexibility index (Phi) is 5.70. The topological polar surface area (TPSA) is 91.7 Å². The lowest BCUT2D eigenvalue weighted by Crippen LogP contribution is -2.36. The number of aromatic amines is 1. The van der Waals surface area contributed by atoms with Gasteiger partial charge in [-0.3, -0.25) is 19.5 Å². The number of halogens is 1. The Balaban J connectivity index is 1.46. The second-order valence-corrected chi connectivity index (χ2v) is 7.15. The van der Waals surface area contributed by atoms with Crippen LogP contribution in [-0.2, 0) is 30.8 Å². The molecule has 3 heterocycles. The average Bonchev–Trinajstić information content (AvgIpc) is 3.15. The second kappa shape index (κ2) is 7.97. The molecule has 0 aliphatic carbocycles. The van der Waals surface area contributed by atoms with Gasteiger partial charge in [0.05, 0.1) is 24.5 Å². The van der Waals surface area contributed by atoms with E-state index in [0.717, 1.165) is 31.9 Å². The van der Waals surface area contributed by atoms with Gasteiger partial charge in [0.1, 0.15) is 5.82 Å². The van der Waals surface area contributed by atoms with Gasteiger partial charge in [-0.2, -0.15) is 5.10 Å². The van der Waals surface area contributed by atoms with Gasteiger partial charge in [0, 0.05) is 32.5 Å². The molecule has 0 spiro atoms. The van der Waals surface area contributed by atoms with Gasteiger partial charge in [0.15, 0.2) is 0 Å². The highest BCUT2D eigenvalue weighted by molar-refractivity contribution is 6.28. The van der Waals surface area contributed by atoms with E-state index in [1.54, 1.807) is 0 Å². The third kappa shape index (κ3) is 5.02. The van der Waals surface area contributed by atoms with Crippen molar-refractivity contribution in [3.05, 3.63) is 28.6 Å². The van der Waals surface area contributed by atoms with Gasteiger partial charge in [-0.05, 0) is 23.6 Å². The molecule has 0 radical (unpaired) electrons. The Morgan fingerprint density at radius 1 is 1.44 bits per heavy atom. The van der Waals surface area contributed by atoms with E-state index < -0.39 is 0 Å². The van der Waals surface area contributed by atoms with Crippen molar-refractivity contribution in [1.82, 2.24) is 35.2 Å². The van der Waals surface area contributed by atoms with Crippen LogP contribution < -0.4 is 5.32 Å². The van der Waals surface area contributed by atoms with Crippen molar-refractivity contribution in [3.63, 3.8) is 0 Å². The Morgan fingerprint density at radius 2 is 2.28 bits per heavy atom. The summed E-state index contributed by atoms with van der Waals surface area (Å²) in [7, 11) is 0. The summed E-state index contributed by atoms with van der Waals surface area (Å²) < 4.78 is 2.05. The van der Waals surface area contributed by atoms with Crippen molar-refractivity contribution in [2.45, 2.75) is 46.3 Å². The first-order valence-electron chi connectivity index (χ1n) is 8.61. The third-order valence-corrected chi connectivity index (χ3v) is 4.28. The van der Waals surface area contributed by atoms with Crippen LogP contribution in [0.5, 0.6) is 0 Å². The van der Waals surface area contributed by atoms with Gasteiger partial charge in [-0.1, -0.05) is 13.8 Å². The molecule has 0 unspecified atom stereocenters. The van der Waals surface area contributed by atoms with Crippen LogP contribution in [0.3, 0.4) is 0 Å². The summed E-state index contributed by atoms with van der Waals surface area (Å²) in [5, 5.41) is 14.1. The van der Waals surface area contributed by atoms with Crippen molar-refractivity contribution >= 4 is 17.5 Å². The summed E-state index contributed by atoms with van der Waals surface area (Å²) in [5.41, 5.74) is 2.12. The summed E-state index contributed by atoms with van der Waals surface area (Å²) in [5.74, 6) is 1.23. The lowest BCUT2D eigenvalue weighted by Gasteiger charge is -2.28. The molecule has 25 heavy (non-hydrogen) atoms. The van der Waals surface area contributed by atoms with Crippen LogP contribution in [0.2, 0.25) is 5.28 Å². The molecule has 0 saturated heterocycles. The fraction of sp³-hybridized carbons (Fsp3) is 0.625. The predicted molar refractivity (Wildman–Crippen MR) is 93.9 cm³/mol. The average molecular weight is 366 g/mol. The monoisotopic (exact) mass is 365 g/mol. The van der Waals surface area contributed by atoms with Gasteiger partial charge < -0.3 is 5.32 Å². The molecule has 9 heteroatoms. The number of H-pyrrole nitrogens is 1. The molecule has 0 fully saturated rings. The number of rotatable bonds is 7. The number of nitrogens with zero attached hydrogens (tertiary/aromatic N) is 5. The zero-order chi connectivity index (χ0) is 17.8. The highest BCUT2D eigenvalue weighted by Gasteiger charge is 2.19. The number of carbonyl (C=O) groups is 1. The molecular formula is C16H24ClN7O. The zero-order valence-electron chi connectivity index (χ0n) is 14.6. The van der Waals surface area contributed by atoms with E-state index in [2.05, 4.69) is 55.1 Å². The van der Waals surface area contributed by atoms with Crippen LogP contribution in [0.15, 0.2) is 6.07 Å². The van der Waals surface area contributed by atoms with Crippen molar-refractivity contribution in [3.8, 4) is 0 Å². The van der Waals surface area contributed by atoms with Gasteiger partial charge in [0.25, 0.3) is 0 Å². The van der Waals surface area contributed by atoms with Crippen LogP contribution in [0.1, 0.15) is 37.5 Å². The number of nitrogens with one attached hydrogen (secondary N) is 2. The minimum absolute atomic E-state index is 0.0417. The third-order valence-electron chi connectivity index (χ3n) is 4.11. The standard InChI is InChI=1S/C16H24ClN7O/c1-11(2)9-23-5-6-24-13(10-23)7-12(22-24)8-18-15(25)4-3-14-19-16(17)21-20-14/h7,11H,3-6,8-10H2,1-2H3,(H,18,25)(H,19,20,21). The maximum absolute atomic E-state index is 12.0. The highest BCUT2D eigenvalue weighted by atomic mass is 35.5. The number of hydrogen-bond acceptors (Lipinski definition) is 5. The molecule has 1 aliphatic rings. The molecule has 3 rings (SSSR count). The molecule has 1 aliphatic heterocycles. The summed E-state index contributed by atoms with van der Waals surface area (Å²) >= 11 is 5.64. The predicted octanol–water partition coefficient (Wildman–Crippen LogP) is 1.38. The molecule has 2 aromatic rings. The second-order valence-electron chi connectivity index (χ2n) is 6.81. The first-order chi connectivity index (χ1) is 12.0. The Morgan fingerprint density at radius 3 is 3.00 bits per heavy atom. The molecule has 0 saturated carbocycles. The number of fused-ring (bicyclic) bond motifs is 1. The molecule has 8 nitrogen and oxygen atoms in total. The van der Waals surface area contributed by atoms with Crippen molar-refractivity contribution < 1.29 is 4.79 Å². The Bertz CT molecular complexity index is 724. The van der Waals surface area contributed by atoms with Crippen LogP contribution in [-0.4, -0.2) is 48.9 Å². The minimum Gasteiger partial charge on any atom is -0.350 e. The first kappa shape index (κ1) is 17.9. The first-order valence-corrected chi connectivity index (χ1v) is 8.99. The fourth-order valence-electron chi connectivity index (χ4n) is 3.03. The zero-order valence-corrected chi connectivity index (χ0v) is 15.4. The van der Waals surface area contributed by atoms with Crippen molar-refractivity contribution in [2.24, 2.45) is 5.92 Å². The molecule has 0 bridgehead atoms. The molecular weight excluding hydrogens is 342 g/mol. The van der Waals surface area contributed by atoms with E-state index in [4.69, 9.17) is 11.6 Å². The molecule has 2 N–H and O–H groups in total. The number of carbonyl (C=O) groups excluding carboxylic acids is 1. The smallest absolute Gasteiger partial charge is 0.242 e.